The van der Waals surface area contributed by atoms with Crippen LogP contribution in [0.25, 0.3) is 0 Å². The summed E-state index contributed by atoms with van der Waals surface area (Å²) in [5.41, 5.74) is 8.11. The van der Waals surface area contributed by atoms with Crippen molar-refractivity contribution >= 4 is 17.3 Å². The Morgan fingerprint density at radius 3 is 3.11 bits per heavy atom. The predicted molar refractivity (Wildman–Crippen MR) is 74.0 cm³/mol. The van der Waals surface area contributed by atoms with E-state index >= 15 is 0 Å². The molecule has 1 heterocycles. The highest BCUT2D eigenvalue weighted by Gasteiger charge is 2.16. The Morgan fingerprint density at radius 1 is 1.58 bits per heavy atom. The fraction of sp³-hybridized carbons (Fsp3) is 0.500. The molecule has 0 bridgehead atoms. The molecular weight excluding hydrogens is 244 g/mol. The van der Waals surface area contributed by atoms with Crippen molar-refractivity contribution in [2.24, 2.45) is 0 Å². The first-order valence-electron chi connectivity index (χ1n) is 6.50. The quantitative estimate of drug-likeness (QED) is 0.794. The lowest BCUT2D eigenvalue weighted by atomic mass is 10.2. The number of hydrogen-bond acceptors (Lipinski definition) is 4. The van der Waals surface area contributed by atoms with Gasteiger partial charge < -0.3 is 20.5 Å². The Hall–Kier alpha value is -1.59. The van der Waals surface area contributed by atoms with E-state index in [1.807, 2.05) is 19.1 Å². The Morgan fingerprint density at radius 2 is 2.42 bits per heavy atom. The summed E-state index contributed by atoms with van der Waals surface area (Å²) >= 11 is 0. The van der Waals surface area contributed by atoms with Crippen molar-refractivity contribution in [1.82, 2.24) is 0 Å². The Balaban J connectivity index is 1.74. The van der Waals surface area contributed by atoms with Gasteiger partial charge in [-0.1, -0.05) is 0 Å². The molecule has 5 nitrogen and oxygen atoms in total. The summed E-state index contributed by atoms with van der Waals surface area (Å²) in [6.07, 6.45) is 1.41. The van der Waals surface area contributed by atoms with E-state index in [-0.39, 0.29) is 12.0 Å². The first-order valence-corrected chi connectivity index (χ1v) is 6.50. The van der Waals surface area contributed by atoms with E-state index in [0.29, 0.717) is 25.3 Å². The molecule has 1 saturated heterocycles. The highest BCUT2D eigenvalue weighted by atomic mass is 16.5. The number of nitrogens with two attached hydrogens (primary N) is 1. The highest BCUT2D eigenvalue weighted by molar-refractivity contribution is 5.91. The molecule has 5 heteroatoms. The van der Waals surface area contributed by atoms with Crippen LogP contribution >= 0.6 is 0 Å². The molecule has 1 amide bonds. The largest absolute Gasteiger partial charge is 0.399 e. The van der Waals surface area contributed by atoms with Gasteiger partial charge in [0.25, 0.3) is 0 Å². The van der Waals surface area contributed by atoms with Crippen molar-refractivity contribution in [3.63, 3.8) is 0 Å². The summed E-state index contributed by atoms with van der Waals surface area (Å²) in [5, 5.41) is 2.86. The summed E-state index contributed by atoms with van der Waals surface area (Å²) in [4.78, 5) is 11.8. The second-order valence-electron chi connectivity index (χ2n) is 4.73. The topological polar surface area (TPSA) is 73.6 Å². The molecule has 3 N–H and O–H groups in total. The average Bonchev–Trinajstić information content (AvgIpc) is 2.86. The minimum absolute atomic E-state index is 0.0493. The molecule has 1 atom stereocenters. The van der Waals surface area contributed by atoms with E-state index in [9.17, 15) is 4.79 Å². The minimum atomic E-state index is -0.0493. The van der Waals surface area contributed by atoms with E-state index in [4.69, 9.17) is 15.2 Å². The van der Waals surface area contributed by atoms with Gasteiger partial charge in [0, 0.05) is 18.0 Å². The number of rotatable bonds is 5. The zero-order valence-corrected chi connectivity index (χ0v) is 11.1. The first-order chi connectivity index (χ1) is 9.15. The highest BCUT2D eigenvalue weighted by Crippen LogP contribution is 2.17. The average molecular weight is 264 g/mol. The van der Waals surface area contributed by atoms with Crippen LogP contribution in [0.15, 0.2) is 18.2 Å². The van der Waals surface area contributed by atoms with Crippen LogP contribution in [0.3, 0.4) is 0 Å². The zero-order valence-electron chi connectivity index (χ0n) is 11.1. The number of anilines is 2. The molecule has 0 aromatic heterocycles. The third kappa shape index (κ3) is 4.22. The molecule has 1 aliphatic heterocycles. The number of aryl methyl sites for hydroxylation is 1. The maximum absolute atomic E-state index is 11.8. The fourth-order valence-corrected chi connectivity index (χ4v) is 2.00. The van der Waals surface area contributed by atoms with Crippen LogP contribution in [-0.2, 0) is 14.3 Å². The SMILES string of the molecule is Cc1cc(N)ccc1NC(=O)CCOC1CCOC1. The molecular formula is C14H20N2O3. The fourth-order valence-electron chi connectivity index (χ4n) is 2.00. The lowest BCUT2D eigenvalue weighted by molar-refractivity contribution is -0.117. The number of benzene rings is 1. The Bertz CT molecular complexity index is 442. The van der Waals surface area contributed by atoms with Crippen molar-refractivity contribution in [1.29, 1.82) is 0 Å². The van der Waals surface area contributed by atoms with Gasteiger partial charge in [-0.3, -0.25) is 4.79 Å². The summed E-state index contributed by atoms with van der Waals surface area (Å²) < 4.78 is 10.8. The number of amides is 1. The number of nitrogen functional groups attached to an aromatic ring is 1. The van der Waals surface area contributed by atoms with Gasteiger partial charge in [-0.25, -0.2) is 0 Å². The van der Waals surface area contributed by atoms with E-state index in [1.54, 1.807) is 6.07 Å². The van der Waals surface area contributed by atoms with E-state index in [1.165, 1.54) is 0 Å². The van der Waals surface area contributed by atoms with Crippen molar-refractivity contribution in [3.8, 4) is 0 Å². The van der Waals surface area contributed by atoms with Crippen LogP contribution in [0.5, 0.6) is 0 Å². The van der Waals surface area contributed by atoms with Crippen molar-refractivity contribution < 1.29 is 14.3 Å². The lowest BCUT2D eigenvalue weighted by Gasteiger charge is -2.11. The van der Waals surface area contributed by atoms with Crippen LogP contribution in [0, 0.1) is 6.92 Å². The van der Waals surface area contributed by atoms with E-state index in [0.717, 1.165) is 24.3 Å². The molecule has 1 aromatic rings. The van der Waals surface area contributed by atoms with Gasteiger partial charge in [-0.15, -0.1) is 0 Å². The van der Waals surface area contributed by atoms with Gasteiger partial charge in [0.05, 0.1) is 25.7 Å². The van der Waals surface area contributed by atoms with Crippen molar-refractivity contribution in [2.75, 3.05) is 30.9 Å². The molecule has 1 aromatic carbocycles. The number of ether oxygens (including phenoxy) is 2. The standard InChI is InChI=1S/C14H20N2O3/c1-10-8-11(15)2-3-13(10)16-14(17)5-7-19-12-4-6-18-9-12/h2-3,8,12H,4-7,9,15H2,1H3,(H,16,17). The van der Waals surface area contributed by atoms with Gasteiger partial charge in [0.1, 0.15) is 0 Å². The second kappa shape index (κ2) is 6.54. The van der Waals surface area contributed by atoms with Gasteiger partial charge in [0.2, 0.25) is 5.91 Å². The lowest BCUT2D eigenvalue weighted by Crippen LogP contribution is -2.19. The van der Waals surface area contributed by atoms with Crippen LogP contribution in [0.4, 0.5) is 11.4 Å². The summed E-state index contributed by atoms with van der Waals surface area (Å²) in [6, 6.07) is 5.42. The maximum atomic E-state index is 11.8. The molecule has 19 heavy (non-hydrogen) atoms. The number of hydrogen-bond donors (Lipinski definition) is 2. The van der Waals surface area contributed by atoms with Gasteiger partial charge in [-0.05, 0) is 37.1 Å². The molecule has 0 spiro atoms. The van der Waals surface area contributed by atoms with Gasteiger partial charge in [-0.2, -0.15) is 0 Å². The van der Waals surface area contributed by atoms with Crippen molar-refractivity contribution in [3.05, 3.63) is 23.8 Å². The predicted octanol–water partition coefficient (Wildman–Crippen LogP) is 1.71. The van der Waals surface area contributed by atoms with E-state index < -0.39 is 0 Å². The monoisotopic (exact) mass is 264 g/mol. The third-order valence-corrected chi connectivity index (χ3v) is 3.10. The summed E-state index contributed by atoms with van der Waals surface area (Å²) in [6.45, 7) is 3.73. The smallest absolute Gasteiger partial charge is 0.226 e. The number of carbonyl (C=O) groups is 1. The summed E-state index contributed by atoms with van der Waals surface area (Å²) in [5.74, 6) is -0.0493. The second-order valence-corrected chi connectivity index (χ2v) is 4.73. The first kappa shape index (κ1) is 13.8. The normalized spacial score (nSPS) is 18.5. The number of carbonyl (C=O) groups excluding carboxylic acids is 1. The van der Waals surface area contributed by atoms with Crippen LogP contribution < -0.4 is 11.1 Å². The maximum Gasteiger partial charge on any atom is 0.226 e. The van der Waals surface area contributed by atoms with Crippen molar-refractivity contribution in [2.45, 2.75) is 25.9 Å². The minimum Gasteiger partial charge on any atom is -0.399 e. The van der Waals surface area contributed by atoms with Crippen LogP contribution in [-0.4, -0.2) is 31.8 Å². The molecule has 104 valence electrons. The molecule has 0 radical (unpaired) electrons. The molecule has 1 aliphatic rings. The van der Waals surface area contributed by atoms with Gasteiger partial charge >= 0.3 is 0 Å². The summed E-state index contributed by atoms with van der Waals surface area (Å²) in [7, 11) is 0. The molecule has 0 saturated carbocycles. The van der Waals surface area contributed by atoms with Crippen LogP contribution in [0.2, 0.25) is 0 Å². The third-order valence-electron chi connectivity index (χ3n) is 3.10. The molecule has 1 unspecified atom stereocenters. The number of nitrogens with one attached hydrogen (secondary N) is 1. The van der Waals surface area contributed by atoms with Gasteiger partial charge in [0.15, 0.2) is 0 Å². The van der Waals surface area contributed by atoms with E-state index in [2.05, 4.69) is 5.32 Å². The molecule has 1 fully saturated rings. The van der Waals surface area contributed by atoms with Crippen LogP contribution in [0.1, 0.15) is 18.4 Å². The Labute approximate surface area is 113 Å². The zero-order chi connectivity index (χ0) is 13.7. The molecule has 2 rings (SSSR count). The molecule has 0 aliphatic carbocycles. The Kier molecular flexibility index (Phi) is 4.76.